The summed E-state index contributed by atoms with van der Waals surface area (Å²) in [6, 6.07) is 17.2. The van der Waals surface area contributed by atoms with E-state index in [0.717, 1.165) is 0 Å². The summed E-state index contributed by atoms with van der Waals surface area (Å²) in [5.41, 5.74) is 2.30. The van der Waals surface area contributed by atoms with Crippen LogP contribution in [0.4, 0.5) is 13.2 Å². The summed E-state index contributed by atoms with van der Waals surface area (Å²) in [5, 5.41) is 4.69. The van der Waals surface area contributed by atoms with Crippen LogP contribution in [0.1, 0.15) is 23.2 Å². The molecule has 1 aliphatic rings. The van der Waals surface area contributed by atoms with Crippen LogP contribution in [0.15, 0.2) is 60.7 Å². The van der Waals surface area contributed by atoms with Crippen LogP contribution >= 0.6 is 0 Å². The summed E-state index contributed by atoms with van der Waals surface area (Å²) in [7, 11) is 0. The van der Waals surface area contributed by atoms with Gasteiger partial charge in [-0.2, -0.15) is 5.10 Å². The number of fused-ring (bicyclic) bond motifs is 1. The molecule has 0 radical (unpaired) electrons. The summed E-state index contributed by atoms with van der Waals surface area (Å²) >= 11 is 0. The first kappa shape index (κ1) is 24.0. The maximum atomic E-state index is 14.0. The van der Waals surface area contributed by atoms with E-state index in [2.05, 4.69) is 15.0 Å². The number of alkyl halides is 2. The highest BCUT2D eigenvalue weighted by atomic mass is 19.3. The number of carbonyl (C=O) groups is 1. The van der Waals surface area contributed by atoms with Crippen LogP contribution in [0.5, 0.6) is 0 Å². The Labute approximate surface area is 207 Å². The van der Waals surface area contributed by atoms with E-state index in [0.29, 0.717) is 55.2 Å². The summed E-state index contributed by atoms with van der Waals surface area (Å²) in [6.45, 7) is 4.27. The van der Waals surface area contributed by atoms with Gasteiger partial charge in [-0.1, -0.05) is 48.5 Å². The number of aryl methyl sites for hydroxylation is 1. The fourth-order valence-corrected chi connectivity index (χ4v) is 4.68. The van der Waals surface area contributed by atoms with Gasteiger partial charge in [0.2, 0.25) is 5.91 Å². The Morgan fingerprint density at radius 3 is 2.39 bits per heavy atom. The highest BCUT2D eigenvalue weighted by molar-refractivity contribution is 5.87. The zero-order valence-electron chi connectivity index (χ0n) is 19.9. The molecule has 1 fully saturated rings. The molecule has 186 valence electrons. The standard InChI is InChI=1S/C27H26F3N5O/c1-18-25-21(26(29)30)15-23(19-7-3-2-4-8-19)31-27(25)35(32-18)17-24(36)34-13-11-33(12-14-34)16-20-9-5-6-10-22(20)28/h2-10,15,26H,11-14,16-17H2,1H3. The molecule has 3 heterocycles. The normalized spacial score (nSPS) is 14.6. The lowest BCUT2D eigenvalue weighted by atomic mass is 10.1. The quantitative estimate of drug-likeness (QED) is 0.386. The van der Waals surface area contributed by atoms with E-state index >= 15 is 0 Å². The Hall–Kier alpha value is -3.72. The van der Waals surface area contributed by atoms with Crippen LogP contribution < -0.4 is 0 Å². The van der Waals surface area contributed by atoms with E-state index in [9.17, 15) is 18.0 Å². The molecule has 0 spiro atoms. The fraction of sp³-hybridized carbons (Fsp3) is 0.296. The second-order valence-electron chi connectivity index (χ2n) is 8.95. The molecule has 4 aromatic rings. The molecule has 0 atom stereocenters. The summed E-state index contributed by atoms with van der Waals surface area (Å²) in [6.07, 6.45) is -2.70. The number of amides is 1. The topological polar surface area (TPSA) is 54.3 Å². The largest absolute Gasteiger partial charge is 0.339 e. The number of nitrogens with zero attached hydrogens (tertiary/aromatic N) is 5. The van der Waals surface area contributed by atoms with Gasteiger partial charge in [-0.05, 0) is 19.1 Å². The van der Waals surface area contributed by atoms with E-state index in [1.165, 1.54) is 16.8 Å². The van der Waals surface area contributed by atoms with E-state index < -0.39 is 6.43 Å². The first-order valence-electron chi connectivity index (χ1n) is 11.9. The molecule has 1 saturated heterocycles. The molecule has 0 bridgehead atoms. The van der Waals surface area contributed by atoms with Crippen molar-refractivity contribution >= 4 is 16.9 Å². The Balaban J connectivity index is 1.34. The van der Waals surface area contributed by atoms with Gasteiger partial charge in [0.05, 0.1) is 16.8 Å². The van der Waals surface area contributed by atoms with E-state index in [-0.39, 0.29) is 34.9 Å². The highest BCUT2D eigenvalue weighted by Gasteiger charge is 2.25. The highest BCUT2D eigenvalue weighted by Crippen LogP contribution is 2.33. The number of rotatable bonds is 6. The van der Waals surface area contributed by atoms with Gasteiger partial charge in [0, 0.05) is 49.4 Å². The van der Waals surface area contributed by atoms with Crippen molar-refractivity contribution in [3.8, 4) is 11.3 Å². The lowest BCUT2D eigenvalue weighted by molar-refractivity contribution is -0.133. The monoisotopic (exact) mass is 493 g/mol. The van der Waals surface area contributed by atoms with Gasteiger partial charge >= 0.3 is 0 Å². The van der Waals surface area contributed by atoms with Gasteiger partial charge in [0.1, 0.15) is 12.4 Å². The van der Waals surface area contributed by atoms with Crippen molar-refractivity contribution in [2.45, 2.75) is 26.4 Å². The minimum absolute atomic E-state index is 0.0917. The molecule has 1 amide bonds. The summed E-state index contributed by atoms with van der Waals surface area (Å²) in [5.74, 6) is -0.391. The van der Waals surface area contributed by atoms with Gasteiger partial charge in [-0.3, -0.25) is 9.69 Å². The van der Waals surface area contributed by atoms with Gasteiger partial charge < -0.3 is 4.90 Å². The smallest absolute Gasteiger partial charge is 0.264 e. The van der Waals surface area contributed by atoms with E-state index in [1.54, 1.807) is 24.0 Å². The molecular formula is C27H26F3N5O. The summed E-state index contributed by atoms with van der Waals surface area (Å²) < 4.78 is 43.4. The number of aromatic nitrogens is 3. The third kappa shape index (κ3) is 4.83. The van der Waals surface area contributed by atoms with E-state index in [1.807, 2.05) is 36.4 Å². The van der Waals surface area contributed by atoms with Crippen molar-refractivity contribution in [1.82, 2.24) is 24.6 Å². The van der Waals surface area contributed by atoms with Crippen LogP contribution in [-0.4, -0.2) is 56.7 Å². The third-order valence-corrected chi connectivity index (χ3v) is 6.57. The Morgan fingerprint density at radius 1 is 1.00 bits per heavy atom. The molecule has 6 nitrogen and oxygen atoms in total. The lowest BCUT2D eigenvalue weighted by Crippen LogP contribution is -2.49. The minimum Gasteiger partial charge on any atom is -0.339 e. The first-order chi connectivity index (χ1) is 17.4. The molecule has 0 N–H and O–H groups in total. The average molecular weight is 494 g/mol. The van der Waals surface area contributed by atoms with Crippen LogP contribution in [-0.2, 0) is 17.9 Å². The lowest BCUT2D eigenvalue weighted by Gasteiger charge is -2.34. The molecule has 0 aliphatic carbocycles. The Kier molecular flexibility index (Phi) is 6.73. The second kappa shape index (κ2) is 10.1. The molecule has 5 rings (SSSR count). The molecule has 0 saturated carbocycles. The predicted octanol–water partition coefficient (Wildman–Crippen LogP) is 4.83. The number of pyridine rings is 1. The van der Waals surface area contributed by atoms with Crippen molar-refractivity contribution in [1.29, 1.82) is 0 Å². The van der Waals surface area contributed by atoms with Crippen LogP contribution in [0.3, 0.4) is 0 Å². The van der Waals surface area contributed by atoms with Crippen molar-refractivity contribution in [3.05, 3.63) is 83.3 Å². The molecule has 2 aromatic carbocycles. The third-order valence-electron chi connectivity index (χ3n) is 6.57. The number of piperazine rings is 1. The number of hydrogen-bond acceptors (Lipinski definition) is 4. The van der Waals surface area contributed by atoms with Crippen molar-refractivity contribution in [2.75, 3.05) is 26.2 Å². The number of hydrogen-bond donors (Lipinski definition) is 0. The number of benzene rings is 2. The van der Waals surface area contributed by atoms with Gasteiger partial charge in [-0.25, -0.2) is 22.8 Å². The Morgan fingerprint density at radius 2 is 1.69 bits per heavy atom. The summed E-state index contributed by atoms with van der Waals surface area (Å²) in [4.78, 5) is 21.6. The van der Waals surface area contributed by atoms with Crippen LogP contribution in [0, 0.1) is 12.7 Å². The second-order valence-corrected chi connectivity index (χ2v) is 8.95. The van der Waals surface area contributed by atoms with Crippen molar-refractivity contribution < 1.29 is 18.0 Å². The Bertz CT molecular complexity index is 1380. The first-order valence-corrected chi connectivity index (χ1v) is 11.9. The van der Waals surface area contributed by atoms with Crippen molar-refractivity contribution in [2.24, 2.45) is 0 Å². The van der Waals surface area contributed by atoms with Crippen molar-refractivity contribution in [3.63, 3.8) is 0 Å². The van der Waals surface area contributed by atoms with Gasteiger partial charge in [-0.15, -0.1) is 0 Å². The molecular weight excluding hydrogens is 467 g/mol. The molecule has 0 unspecified atom stereocenters. The minimum atomic E-state index is -2.70. The molecule has 1 aliphatic heterocycles. The zero-order chi connectivity index (χ0) is 25.2. The number of halogens is 3. The maximum absolute atomic E-state index is 14.0. The predicted molar refractivity (Wildman–Crippen MR) is 131 cm³/mol. The fourth-order valence-electron chi connectivity index (χ4n) is 4.68. The van der Waals surface area contributed by atoms with Gasteiger partial charge in [0.25, 0.3) is 6.43 Å². The zero-order valence-corrected chi connectivity index (χ0v) is 19.9. The average Bonchev–Trinajstić information content (AvgIpc) is 3.20. The van der Waals surface area contributed by atoms with Crippen LogP contribution in [0.25, 0.3) is 22.3 Å². The maximum Gasteiger partial charge on any atom is 0.264 e. The van der Waals surface area contributed by atoms with Crippen LogP contribution in [0.2, 0.25) is 0 Å². The van der Waals surface area contributed by atoms with E-state index in [4.69, 9.17) is 0 Å². The molecule has 9 heteroatoms. The SMILES string of the molecule is Cc1nn(CC(=O)N2CCN(Cc3ccccc3F)CC2)c2nc(-c3ccccc3)cc(C(F)F)c12. The van der Waals surface area contributed by atoms with Gasteiger partial charge in [0.15, 0.2) is 5.65 Å². The molecule has 36 heavy (non-hydrogen) atoms. The molecule has 2 aromatic heterocycles. The number of carbonyl (C=O) groups excluding carboxylic acids is 1.